The molecule has 0 saturated carbocycles. The van der Waals surface area contributed by atoms with Gasteiger partial charge in [0, 0.05) is 11.3 Å². The Morgan fingerprint density at radius 3 is 2.60 bits per heavy atom. The Morgan fingerprint density at radius 1 is 1.30 bits per heavy atom. The zero-order valence-corrected chi connectivity index (χ0v) is 11.6. The van der Waals surface area contributed by atoms with Gasteiger partial charge in [-0.05, 0) is 25.1 Å². The monoisotopic (exact) mass is 276 g/mol. The highest BCUT2D eigenvalue weighted by atomic mass is 16.5. The standard InChI is InChI=1S/C14H16N2O4/c1-8-10(7-13(17)18)16-14(15-8)9-4-5-11(19-2)12(6-9)20-3/h4-6H,7H2,1-3H3,(H,15,16)(H,17,18). The molecule has 6 nitrogen and oxygen atoms in total. The first-order valence-electron chi connectivity index (χ1n) is 6.04. The maximum atomic E-state index is 10.8. The Labute approximate surface area is 116 Å². The van der Waals surface area contributed by atoms with E-state index in [-0.39, 0.29) is 6.42 Å². The van der Waals surface area contributed by atoms with Crippen LogP contribution in [0.3, 0.4) is 0 Å². The Balaban J connectivity index is 2.39. The summed E-state index contributed by atoms with van der Waals surface area (Å²) in [7, 11) is 3.13. The fourth-order valence-corrected chi connectivity index (χ4v) is 1.93. The van der Waals surface area contributed by atoms with Crippen LogP contribution in [0.2, 0.25) is 0 Å². The first-order chi connectivity index (χ1) is 9.55. The van der Waals surface area contributed by atoms with Gasteiger partial charge in [-0.3, -0.25) is 4.79 Å². The van der Waals surface area contributed by atoms with E-state index in [1.807, 2.05) is 6.07 Å². The summed E-state index contributed by atoms with van der Waals surface area (Å²) in [6.07, 6.45) is -0.102. The lowest BCUT2D eigenvalue weighted by Gasteiger charge is -2.08. The predicted molar refractivity (Wildman–Crippen MR) is 73.2 cm³/mol. The van der Waals surface area contributed by atoms with Crippen LogP contribution in [0.25, 0.3) is 11.4 Å². The molecule has 0 unspecified atom stereocenters. The van der Waals surface area contributed by atoms with Crippen LogP contribution < -0.4 is 9.47 Å². The predicted octanol–water partition coefficient (Wildman–Crippen LogP) is 2.03. The minimum Gasteiger partial charge on any atom is -0.493 e. The maximum Gasteiger partial charge on any atom is 0.309 e. The van der Waals surface area contributed by atoms with Crippen LogP contribution in [0.1, 0.15) is 11.4 Å². The van der Waals surface area contributed by atoms with E-state index in [2.05, 4.69) is 9.97 Å². The number of imidazole rings is 1. The third-order valence-electron chi connectivity index (χ3n) is 2.96. The Hall–Kier alpha value is -2.50. The molecule has 0 amide bonds. The third kappa shape index (κ3) is 2.74. The lowest BCUT2D eigenvalue weighted by molar-refractivity contribution is -0.136. The number of carboxylic acid groups (broad SMARTS) is 1. The van der Waals surface area contributed by atoms with Crippen LogP contribution in [0.5, 0.6) is 11.5 Å². The van der Waals surface area contributed by atoms with Crippen LogP contribution in [0.15, 0.2) is 18.2 Å². The van der Waals surface area contributed by atoms with E-state index in [1.54, 1.807) is 33.3 Å². The summed E-state index contributed by atoms with van der Waals surface area (Å²) in [6.45, 7) is 1.80. The maximum absolute atomic E-state index is 10.8. The Kier molecular flexibility index (Phi) is 3.93. The largest absolute Gasteiger partial charge is 0.493 e. The van der Waals surface area contributed by atoms with Gasteiger partial charge in [-0.25, -0.2) is 4.98 Å². The second-order valence-corrected chi connectivity index (χ2v) is 4.30. The van der Waals surface area contributed by atoms with Crippen molar-refractivity contribution in [2.24, 2.45) is 0 Å². The second kappa shape index (κ2) is 5.64. The van der Waals surface area contributed by atoms with Gasteiger partial charge in [0.05, 0.1) is 26.3 Å². The number of nitrogens with one attached hydrogen (secondary N) is 1. The highest BCUT2D eigenvalue weighted by Crippen LogP contribution is 2.31. The van der Waals surface area contributed by atoms with Crippen molar-refractivity contribution < 1.29 is 19.4 Å². The van der Waals surface area contributed by atoms with Crippen LogP contribution in [-0.2, 0) is 11.2 Å². The molecule has 1 aromatic carbocycles. The zero-order chi connectivity index (χ0) is 14.7. The van der Waals surface area contributed by atoms with Crippen molar-refractivity contribution >= 4 is 5.97 Å². The summed E-state index contributed by atoms with van der Waals surface area (Å²) in [5.74, 6) is 0.933. The molecule has 0 aliphatic carbocycles. The minimum atomic E-state index is -0.904. The molecule has 0 fully saturated rings. The highest BCUT2D eigenvalue weighted by Gasteiger charge is 2.13. The zero-order valence-electron chi connectivity index (χ0n) is 11.6. The summed E-state index contributed by atoms with van der Waals surface area (Å²) >= 11 is 0. The first kappa shape index (κ1) is 13.9. The SMILES string of the molecule is COc1ccc(-c2nc(CC(=O)O)c(C)[nH]2)cc1OC. The second-order valence-electron chi connectivity index (χ2n) is 4.30. The van der Waals surface area contributed by atoms with Gasteiger partial charge < -0.3 is 19.6 Å². The molecule has 1 aromatic heterocycles. The van der Waals surface area contributed by atoms with Gasteiger partial charge in [0.2, 0.25) is 0 Å². The quantitative estimate of drug-likeness (QED) is 0.872. The number of aromatic amines is 1. The number of carbonyl (C=O) groups is 1. The van der Waals surface area contributed by atoms with E-state index < -0.39 is 5.97 Å². The number of rotatable bonds is 5. The fourth-order valence-electron chi connectivity index (χ4n) is 1.93. The number of hydrogen-bond donors (Lipinski definition) is 2. The molecule has 1 heterocycles. The van der Waals surface area contributed by atoms with Gasteiger partial charge in [0.15, 0.2) is 11.5 Å². The lowest BCUT2D eigenvalue weighted by atomic mass is 10.2. The molecule has 0 radical (unpaired) electrons. The summed E-state index contributed by atoms with van der Waals surface area (Å²) in [4.78, 5) is 18.2. The summed E-state index contributed by atoms with van der Waals surface area (Å²) in [5.41, 5.74) is 2.09. The highest BCUT2D eigenvalue weighted by molar-refractivity contribution is 5.70. The molecule has 0 saturated heterocycles. The summed E-state index contributed by atoms with van der Waals surface area (Å²) < 4.78 is 10.4. The number of aryl methyl sites for hydroxylation is 1. The van der Waals surface area contributed by atoms with Gasteiger partial charge >= 0.3 is 5.97 Å². The van der Waals surface area contributed by atoms with Crippen LogP contribution in [-0.4, -0.2) is 35.3 Å². The number of H-pyrrole nitrogens is 1. The van der Waals surface area contributed by atoms with Crippen LogP contribution in [0.4, 0.5) is 0 Å². The van der Waals surface area contributed by atoms with E-state index in [1.165, 1.54) is 0 Å². The number of aromatic nitrogens is 2. The Morgan fingerprint density at radius 2 is 2.00 bits per heavy atom. The van der Waals surface area contributed by atoms with Crippen molar-refractivity contribution in [3.8, 4) is 22.9 Å². The van der Waals surface area contributed by atoms with Gasteiger partial charge in [0.25, 0.3) is 0 Å². The summed E-state index contributed by atoms with van der Waals surface area (Å²) in [6, 6.07) is 5.41. The van der Waals surface area contributed by atoms with E-state index in [4.69, 9.17) is 14.6 Å². The number of hydrogen-bond acceptors (Lipinski definition) is 4. The van der Waals surface area contributed by atoms with E-state index in [9.17, 15) is 4.79 Å². The van der Waals surface area contributed by atoms with Crippen LogP contribution >= 0.6 is 0 Å². The van der Waals surface area contributed by atoms with Gasteiger partial charge in [0.1, 0.15) is 5.82 Å². The number of methoxy groups -OCH3 is 2. The molecular weight excluding hydrogens is 260 g/mol. The molecule has 6 heteroatoms. The molecule has 2 N–H and O–H groups in total. The molecule has 0 aliphatic rings. The number of ether oxygens (including phenoxy) is 2. The number of benzene rings is 1. The fraction of sp³-hybridized carbons (Fsp3) is 0.286. The molecular formula is C14H16N2O4. The normalized spacial score (nSPS) is 10.3. The van der Waals surface area contributed by atoms with Gasteiger partial charge in [-0.15, -0.1) is 0 Å². The topological polar surface area (TPSA) is 84.4 Å². The van der Waals surface area contributed by atoms with Crippen LogP contribution in [0, 0.1) is 6.92 Å². The van der Waals surface area contributed by atoms with Crippen molar-refractivity contribution in [2.75, 3.05) is 14.2 Å². The molecule has 2 aromatic rings. The molecule has 0 bridgehead atoms. The van der Waals surface area contributed by atoms with E-state index in [0.29, 0.717) is 23.0 Å². The third-order valence-corrected chi connectivity index (χ3v) is 2.96. The van der Waals surface area contributed by atoms with Crippen molar-refractivity contribution in [2.45, 2.75) is 13.3 Å². The summed E-state index contributed by atoms with van der Waals surface area (Å²) in [5, 5.41) is 8.83. The first-order valence-corrected chi connectivity index (χ1v) is 6.04. The van der Waals surface area contributed by atoms with Gasteiger partial charge in [-0.2, -0.15) is 0 Å². The molecule has 0 atom stereocenters. The van der Waals surface area contributed by atoms with Crippen molar-refractivity contribution in [1.82, 2.24) is 9.97 Å². The smallest absolute Gasteiger partial charge is 0.309 e. The van der Waals surface area contributed by atoms with Crippen molar-refractivity contribution in [1.29, 1.82) is 0 Å². The molecule has 2 rings (SSSR count). The number of aliphatic carboxylic acids is 1. The number of carboxylic acids is 1. The van der Waals surface area contributed by atoms with Crippen molar-refractivity contribution in [3.63, 3.8) is 0 Å². The lowest BCUT2D eigenvalue weighted by Crippen LogP contribution is -2.01. The molecule has 0 spiro atoms. The number of nitrogens with zero attached hydrogens (tertiary/aromatic N) is 1. The Bertz CT molecular complexity index is 634. The van der Waals surface area contributed by atoms with E-state index in [0.717, 1.165) is 11.3 Å². The van der Waals surface area contributed by atoms with Gasteiger partial charge in [-0.1, -0.05) is 0 Å². The average Bonchev–Trinajstić information content (AvgIpc) is 2.78. The molecule has 106 valence electrons. The molecule has 20 heavy (non-hydrogen) atoms. The molecule has 0 aliphatic heterocycles. The average molecular weight is 276 g/mol. The van der Waals surface area contributed by atoms with Crippen molar-refractivity contribution in [3.05, 3.63) is 29.6 Å². The van der Waals surface area contributed by atoms with E-state index >= 15 is 0 Å². The minimum absolute atomic E-state index is 0.102.